The molecule has 1 aromatic heterocycles. The third kappa shape index (κ3) is 4.24. The topological polar surface area (TPSA) is 51.2 Å². The normalized spacial score (nSPS) is 11.8. The lowest BCUT2D eigenvalue weighted by Gasteiger charge is -2.15. The van der Waals surface area contributed by atoms with Gasteiger partial charge in [0, 0.05) is 17.1 Å². The first kappa shape index (κ1) is 16.4. The van der Waals surface area contributed by atoms with E-state index < -0.39 is 0 Å². The van der Waals surface area contributed by atoms with Crippen molar-refractivity contribution in [2.24, 2.45) is 0 Å². The molecule has 1 aromatic carbocycles. The number of carbonyl (C=O) groups is 1. The number of rotatable bonds is 6. The van der Waals surface area contributed by atoms with Crippen LogP contribution in [-0.2, 0) is 4.74 Å². The Morgan fingerprint density at radius 1 is 1.27 bits per heavy atom. The van der Waals surface area contributed by atoms with Gasteiger partial charge in [0.2, 0.25) is 0 Å². The standard InChI is InChI=1S/C17H20N2O2S/c1-4-21-17(20)14-7-10-16(18-11-14)19-12(2)13-5-8-15(22-3)9-6-13/h5-12H,4H2,1-3H3,(H,18,19). The Labute approximate surface area is 135 Å². The number of nitrogens with one attached hydrogen (secondary N) is 1. The number of thioether (sulfide) groups is 1. The molecule has 0 spiro atoms. The maximum Gasteiger partial charge on any atom is 0.339 e. The van der Waals surface area contributed by atoms with Crippen LogP contribution < -0.4 is 5.32 Å². The minimum atomic E-state index is -0.345. The molecule has 22 heavy (non-hydrogen) atoms. The highest BCUT2D eigenvalue weighted by Crippen LogP contribution is 2.21. The molecule has 1 heterocycles. The number of aromatic nitrogens is 1. The summed E-state index contributed by atoms with van der Waals surface area (Å²) in [5, 5.41) is 3.32. The average Bonchev–Trinajstić information content (AvgIpc) is 2.55. The maximum atomic E-state index is 11.6. The van der Waals surface area contributed by atoms with Crippen molar-refractivity contribution < 1.29 is 9.53 Å². The molecule has 1 unspecified atom stereocenters. The largest absolute Gasteiger partial charge is 0.462 e. The molecule has 0 fully saturated rings. The molecule has 0 aliphatic heterocycles. The van der Waals surface area contributed by atoms with Crippen molar-refractivity contribution in [2.45, 2.75) is 24.8 Å². The van der Waals surface area contributed by atoms with Crippen molar-refractivity contribution in [1.29, 1.82) is 0 Å². The summed E-state index contributed by atoms with van der Waals surface area (Å²) in [5.41, 5.74) is 1.65. The van der Waals surface area contributed by atoms with E-state index in [1.165, 1.54) is 16.7 Å². The minimum absolute atomic E-state index is 0.136. The zero-order chi connectivity index (χ0) is 15.9. The molecule has 1 N–H and O–H groups in total. The van der Waals surface area contributed by atoms with E-state index in [0.717, 1.165) is 5.82 Å². The van der Waals surface area contributed by atoms with E-state index in [1.807, 2.05) is 0 Å². The van der Waals surface area contributed by atoms with E-state index in [9.17, 15) is 4.79 Å². The second kappa shape index (κ2) is 7.84. The summed E-state index contributed by atoms with van der Waals surface area (Å²) in [7, 11) is 0. The second-order valence-corrected chi connectivity index (χ2v) is 5.67. The van der Waals surface area contributed by atoms with Gasteiger partial charge in [0.05, 0.1) is 12.2 Å². The molecule has 0 saturated heterocycles. The van der Waals surface area contributed by atoms with Crippen molar-refractivity contribution >= 4 is 23.5 Å². The van der Waals surface area contributed by atoms with Crippen molar-refractivity contribution in [3.8, 4) is 0 Å². The summed E-state index contributed by atoms with van der Waals surface area (Å²) in [6, 6.07) is 12.1. The van der Waals surface area contributed by atoms with Gasteiger partial charge in [-0.2, -0.15) is 0 Å². The van der Waals surface area contributed by atoms with Crippen LogP contribution in [-0.4, -0.2) is 23.8 Å². The molecule has 1 atom stereocenters. The van der Waals surface area contributed by atoms with Gasteiger partial charge in [-0.15, -0.1) is 11.8 Å². The average molecular weight is 316 g/mol. The summed E-state index contributed by atoms with van der Waals surface area (Å²) >= 11 is 1.72. The van der Waals surface area contributed by atoms with Crippen LogP contribution in [0.15, 0.2) is 47.5 Å². The van der Waals surface area contributed by atoms with Crippen LogP contribution >= 0.6 is 11.8 Å². The van der Waals surface area contributed by atoms with Crippen LogP contribution in [0.2, 0.25) is 0 Å². The van der Waals surface area contributed by atoms with Gasteiger partial charge in [0.25, 0.3) is 0 Å². The van der Waals surface area contributed by atoms with Crippen LogP contribution in [0.25, 0.3) is 0 Å². The van der Waals surface area contributed by atoms with Crippen LogP contribution in [0.5, 0.6) is 0 Å². The van der Waals surface area contributed by atoms with Gasteiger partial charge in [-0.3, -0.25) is 0 Å². The number of anilines is 1. The van der Waals surface area contributed by atoms with Gasteiger partial charge < -0.3 is 10.1 Å². The molecular formula is C17H20N2O2S. The number of hydrogen-bond donors (Lipinski definition) is 1. The Bertz CT molecular complexity index is 612. The molecule has 5 heteroatoms. The van der Waals surface area contributed by atoms with Gasteiger partial charge in [-0.1, -0.05) is 12.1 Å². The SMILES string of the molecule is CCOC(=O)c1ccc(NC(C)c2ccc(SC)cc2)nc1. The lowest BCUT2D eigenvalue weighted by molar-refractivity contribution is 0.0526. The summed E-state index contributed by atoms with van der Waals surface area (Å²) in [5.74, 6) is 0.386. The molecule has 0 aliphatic carbocycles. The summed E-state index contributed by atoms with van der Waals surface area (Å²) < 4.78 is 4.94. The molecule has 0 aliphatic rings. The Kier molecular flexibility index (Phi) is 5.83. The zero-order valence-corrected chi connectivity index (χ0v) is 13.8. The highest BCUT2D eigenvalue weighted by molar-refractivity contribution is 7.98. The minimum Gasteiger partial charge on any atom is -0.462 e. The van der Waals surface area contributed by atoms with E-state index in [0.29, 0.717) is 12.2 Å². The number of esters is 1. The van der Waals surface area contributed by atoms with Crippen LogP contribution in [0.3, 0.4) is 0 Å². The number of nitrogens with zero attached hydrogens (tertiary/aromatic N) is 1. The first-order valence-electron chi connectivity index (χ1n) is 7.17. The molecule has 2 aromatic rings. The Morgan fingerprint density at radius 3 is 2.55 bits per heavy atom. The fraction of sp³-hybridized carbons (Fsp3) is 0.294. The van der Waals surface area contributed by atoms with Crippen molar-refractivity contribution in [1.82, 2.24) is 4.98 Å². The van der Waals surface area contributed by atoms with Crippen LogP contribution in [0.4, 0.5) is 5.82 Å². The number of ether oxygens (including phenoxy) is 1. The number of hydrogen-bond acceptors (Lipinski definition) is 5. The van der Waals surface area contributed by atoms with Gasteiger partial charge in [-0.05, 0) is 49.9 Å². The van der Waals surface area contributed by atoms with Crippen molar-refractivity contribution in [3.05, 3.63) is 53.7 Å². The lowest BCUT2D eigenvalue weighted by Crippen LogP contribution is -2.09. The zero-order valence-electron chi connectivity index (χ0n) is 13.0. The Balaban J connectivity index is 2.01. The third-order valence-corrected chi connectivity index (χ3v) is 4.00. The molecular weight excluding hydrogens is 296 g/mol. The predicted octanol–water partition coefficient (Wildman–Crippen LogP) is 4.15. The van der Waals surface area contributed by atoms with Crippen LogP contribution in [0, 0.1) is 0 Å². The van der Waals surface area contributed by atoms with Gasteiger partial charge in [0.15, 0.2) is 0 Å². The summed E-state index contributed by atoms with van der Waals surface area (Å²) in [6.07, 6.45) is 3.59. The molecule has 4 nitrogen and oxygen atoms in total. The summed E-state index contributed by atoms with van der Waals surface area (Å²) in [6.45, 7) is 4.22. The molecule has 0 radical (unpaired) electrons. The highest BCUT2D eigenvalue weighted by Gasteiger charge is 2.09. The van der Waals surface area contributed by atoms with Gasteiger partial charge in [-0.25, -0.2) is 9.78 Å². The lowest BCUT2D eigenvalue weighted by atomic mass is 10.1. The molecule has 2 rings (SSSR count). The van der Waals surface area contributed by atoms with Crippen LogP contribution in [0.1, 0.15) is 35.8 Å². The van der Waals surface area contributed by atoms with E-state index in [1.54, 1.807) is 30.8 Å². The Morgan fingerprint density at radius 2 is 2.00 bits per heavy atom. The number of benzene rings is 1. The fourth-order valence-electron chi connectivity index (χ4n) is 2.01. The Hall–Kier alpha value is -2.01. The molecule has 0 amide bonds. The third-order valence-electron chi connectivity index (χ3n) is 3.25. The van der Waals surface area contributed by atoms with Gasteiger partial charge >= 0.3 is 5.97 Å². The quantitative estimate of drug-likeness (QED) is 0.641. The van der Waals surface area contributed by atoms with E-state index >= 15 is 0 Å². The monoisotopic (exact) mass is 316 g/mol. The molecule has 116 valence electrons. The second-order valence-electron chi connectivity index (χ2n) is 4.79. The van der Waals surface area contributed by atoms with E-state index in [4.69, 9.17) is 4.74 Å². The van der Waals surface area contributed by atoms with Crippen molar-refractivity contribution in [2.75, 3.05) is 18.2 Å². The predicted molar refractivity (Wildman–Crippen MR) is 90.5 cm³/mol. The number of pyridine rings is 1. The fourth-order valence-corrected chi connectivity index (χ4v) is 2.42. The first-order chi connectivity index (χ1) is 10.6. The molecule has 0 bridgehead atoms. The van der Waals surface area contributed by atoms with Crippen molar-refractivity contribution in [3.63, 3.8) is 0 Å². The van der Waals surface area contributed by atoms with E-state index in [2.05, 4.69) is 47.7 Å². The smallest absolute Gasteiger partial charge is 0.339 e. The van der Waals surface area contributed by atoms with Gasteiger partial charge in [0.1, 0.15) is 5.82 Å². The first-order valence-corrected chi connectivity index (χ1v) is 8.40. The highest BCUT2D eigenvalue weighted by atomic mass is 32.2. The number of carbonyl (C=O) groups excluding carboxylic acids is 1. The molecule has 0 saturated carbocycles. The summed E-state index contributed by atoms with van der Waals surface area (Å²) in [4.78, 5) is 17.1. The maximum absolute atomic E-state index is 11.6. The van der Waals surface area contributed by atoms with E-state index in [-0.39, 0.29) is 12.0 Å².